The van der Waals surface area contributed by atoms with Crippen molar-refractivity contribution in [2.24, 2.45) is 0 Å². The van der Waals surface area contributed by atoms with E-state index in [1.54, 1.807) is 36.4 Å². The normalized spacial score (nSPS) is 10.7. The Hall–Kier alpha value is -2.30. The maximum atomic E-state index is 12.7. The standard InChI is InChI=1S/C17H10Cl2O4/c1-9(20)22-17-15(21)13-8-12(19)6-7-14(13)23-16(17)10-2-4-11(18)5-3-10/h2-8H,1H3. The van der Waals surface area contributed by atoms with Gasteiger partial charge in [0.2, 0.25) is 11.2 Å². The first-order valence-electron chi connectivity index (χ1n) is 6.66. The minimum atomic E-state index is -0.617. The lowest BCUT2D eigenvalue weighted by Crippen LogP contribution is -2.13. The molecule has 0 aliphatic rings. The van der Waals surface area contributed by atoms with Crippen molar-refractivity contribution in [2.75, 3.05) is 0 Å². The molecule has 0 radical (unpaired) electrons. The Bertz CT molecular complexity index is 959. The Morgan fingerprint density at radius 1 is 1.04 bits per heavy atom. The van der Waals surface area contributed by atoms with E-state index in [4.69, 9.17) is 32.4 Å². The fourth-order valence-corrected chi connectivity index (χ4v) is 2.48. The van der Waals surface area contributed by atoms with E-state index in [1.807, 2.05) is 0 Å². The molecule has 0 fully saturated rings. The van der Waals surface area contributed by atoms with Crippen molar-refractivity contribution in [3.05, 3.63) is 62.7 Å². The van der Waals surface area contributed by atoms with Gasteiger partial charge in [-0.1, -0.05) is 23.2 Å². The summed E-state index contributed by atoms with van der Waals surface area (Å²) in [6, 6.07) is 11.3. The monoisotopic (exact) mass is 348 g/mol. The predicted octanol–water partition coefficient (Wildman–Crippen LogP) is 4.69. The molecule has 1 aromatic heterocycles. The highest BCUT2D eigenvalue weighted by atomic mass is 35.5. The van der Waals surface area contributed by atoms with Crippen LogP contribution in [-0.2, 0) is 4.79 Å². The highest BCUT2D eigenvalue weighted by molar-refractivity contribution is 6.31. The van der Waals surface area contributed by atoms with Crippen molar-refractivity contribution >= 4 is 40.1 Å². The number of benzene rings is 2. The summed E-state index contributed by atoms with van der Waals surface area (Å²) in [7, 11) is 0. The molecule has 0 spiro atoms. The fraction of sp³-hybridized carbons (Fsp3) is 0.0588. The van der Waals surface area contributed by atoms with Crippen molar-refractivity contribution in [3.63, 3.8) is 0 Å². The van der Waals surface area contributed by atoms with Gasteiger partial charge in [-0.3, -0.25) is 9.59 Å². The minimum absolute atomic E-state index is 0.164. The molecule has 0 atom stereocenters. The van der Waals surface area contributed by atoms with E-state index in [-0.39, 0.29) is 16.9 Å². The summed E-state index contributed by atoms with van der Waals surface area (Å²) in [5.74, 6) is -0.625. The van der Waals surface area contributed by atoms with Crippen LogP contribution in [0.5, 0.6) is 5.75 Å². The van der Waals surface area contributed by atoms with Crippen LogP contribution in [0.4, 0.5) is 0 Å². The van der Waals surface area contributed by atoms with Crippen molar-refractivity contribution in [1.82, 2.24) is 0 Å². The third-order valence-electron chi connectivity index (χ3n) is 3.16. The maximum Gasteiger partial charge on any atom is 0.308 e. The van der Waals surface area contributed by atoms with Gasteiger partial charge < -0.3 is 9.15 Å². The van der Waals surface area contributed by atoms with Crippen LogP contribution >= 0.6 is 23.2 Å². The Morgan fingerprint density at radius 2 is 1.70 bits per heavy atom. The van der Waals surface area contributed by atoms with Crippen LogP contribution < -0.4 is 10.2 Å². The van der Waals surface area contributed by atoms with Crippen LogP contribution in [0.2, 0.25) is 10.0 Å². The largest absolute Gasteiger partial charge is 0.452 e. The zero-order valence-corrected chi connectivity index (χ0v) is 13.4. The first kappa shape index (κ1) is 15.6. The second kappa shape index (κ2) is 6.07. The number of halogens is 2. The quantitative estimate of drug-likeness (QED) is 0.630. The number of carbonyl (C=O) groups excluding carboxylic acids is 1. The molecule has 0 aliphatic carbocycles. The van der Waals surface area contributed by atoms with E-state index in [1.165, 1.54) is 13.0 Å². The lowest BCUT2D eigenvalue weighted by atomic mass is 10.1. The van der Waals surface area contributed by atoms with Gasteiger partial charge in [0, 0.05) is 22.5 Å². The van der Waals surface area contributed by atoms with Crippen molar-refractivity contribution < 1.29 is 13.9 Å². The number of hydrogen-bond donors (Lipinski definition) is 0. The summed E-state index contributed by atoms with van der Waals surface area (Å²) in [5, 5.41) is 1.17. The smallest absolute Gasteiger partial charge is 0.308 e. The second-order valence-electron chi connectivity index (χ2n) is 4.83. The average Bonchev–Trinajstić information content (AvgIpc) is 2.51. The third kappa shape index (κ3) is 3.09. The van der Waals surface area contributed by atoms with E-state index in [0.717, 1.165) is 0 Å². The summed E-state index contributed by atoms with van der Waals surface area (Å²) >= 11 is 11.8. The van der Waals surface area contributed by atoms with Gasteiger partial charge in [0.15, 0.2) is 5.76 Å². The molecule has 23 heavy (non-hydrogen) atoms. The lowest BCUT2D eigenvalue weighted by Gasteiger charge is -2.09. The Labute approximate surface area is 141 Å². The molecular weight excluding hydrogens is 339 g/mol. The predicted molar refractivity (Wildman–Crippen MR) is 89.2 cm³/mol. The molecule has 2 aromatic carbocycles. The lowest BCUT2D eigenvalue weighted by molar-refractivity contribution is -0.131. The summed E-state index contributed by atoms with van der Waals surface area (Å²) in [6.45, 7) is 1.22. The summed E-state index contributed by atoms with van der Waals surface area (Å²) in [5.41, 5.74) is 0.453. The molecular formula is C17H10Cl2O4. The van der Waals surface area contributed by atoms with Crippen LogP contribution in [0, 0.1) is 0 Å². The van der Waals surface area contributed by atoms with Crippen molar-refractivity contribution in [2.45, 2.75) is 6.92 Å². The molecule has 6 heteroatoms. The number of ether oxygens (including phenoxy) is 1. The number of esters is 1. The first-order valence-corrected chi connectivity index (χ1v) is 7.42. The van der Waals surface area contributed by atoms with Crippen LogP contribution in [0.3, 0.4) is 0 Å². The maximum absolute atomic E-state index is 12.7. The Kier molecular flexibility index (Phi) is 4.11. The van der Waals surface area contributed by atoms with E-state index < -0.39 is 11.4 Å². The molecule has 0 amide bonds. The van der Waals surface area contributed by atoms with Gasteiger partial charge in [-0.05, 0) is 42.5 Å². The average molecular weight is 349 g/mol. The van der Waals surface area contributed by atoms with Gasteiger partial charge in [0.25, 0.3) is 0 Å². The zero-order valence-electron chi connectivity index (χ0n) is 11.9. The molecule has 3 rings (SSSR count). The van der Waals surface area contributed by atoms with E-state index in [9.17, 15) is 9.59 Å². The van der Waals surface area contributed by atoms with Crippen LogP contribution in [-0.4, -0.2) is 5.97 Å². The highest BCUT2D eigenvalue weighted by Crippen LogP contribution is 2.32. The molecule has 0 bridgehead atoms. The van der Waals surface area contributed by atoms with Crippen LogP contribution in [0.15, 0.2) is 51.7 Å². The number of hydrogen-bond acceptors (Lipinski definition) is 4. The summed E-state index contributed by atoms with van der Waals surface area (Å²) in [6.07, 6.45) is 0. The van der Waals surface area contributed by atoms with Gasteiger partial charge in [0.1, 0.15) is 5.58 Å². The topological polar surface area (TPSA) is 56.5 Å². The van der Waals surface area contributed by atoms with E-state index in [0.29, 0.717) is 21.2 Å². The van der Waals surface area contributed by atoms with Gasteiger partial charge in [-0.15, -0.1) is 0 Å². The number of rotatable bonds is 2. The van der Waals surface area contributed by atoms with Crippen molar-refractivity contribution in [1.29, 1.82) is 0 Å². The second-order valence-corrected chi connectivity index (χ2v) is 5.70. The Balaban J connectivity index is 2.34. The van der Waals surface area contributed by atoms with Gasteiger partial charge >= 0.3 is 5.97 Å². The molecule has 116 valence electrons. The van der Waals surface area contributed by atoms with Crippen molar-refractivity contribution in [3.8, 4) is 17.1 Å². The molecule has 0 saturated carbocycles. The molecule has 0 saturated heterocycles. The van der Waals surface area contributed by atoms with Crippen LogP contribution in [0.1, 0.15) is 6.92 Å². The Morgan fingerprint density at radius 3 is 2.35 bits per heavy atom. The minimum Gasteiger partial charge on any atom is -0.452 e. The van der Waals surface area contributed by atoms with Gasteiger partial charge in [-0.2, -0.15) is 0 Å². The number of carbonyl (C=O) groups is 1. The molecule has 4 nitrogen and oxygen atoms in total. The summed E-state index contributed by atoms with van der Waals surface area (Å²) in [4.78, 5) is 24.0. The number of fused-ring (bicyclic) bond motifs is 1. The van der Waals surface area contributed by atoms with E-state index in [2.05, 4.69) is 0 Å². The highest BCUT2D eigenvalue weighted by Gasteiger charge is 2.19. The SMILES string of the molecule is CC(=O)Oc1c(-c2ccc(Cl)cc2)oc2ccc(Cl)cc2c1=O. The van der Waals surface area contributed by atoms with E-state index >= 15 is 0 Å². The third-order valence-corrected chi connectivity index (χ3v) is 3.65. The summed E-state index contributed by atoms with van der Waals surface area (Å²) < 4.78 is 10.9. The van der Waals surface area contributed by atoms with Gasteiger partial charge in [-0.25, -0.2) is 0 Å². The van der Waals surface area contributed by atoms with Crippen LogP contribution in [0.25, 0.3) is 22.3 Å². The molecule has 0 unspecified atom stereocenters. The zero-order chi connectivity index (χ0) is 16.6. The molecule has 1 heterocycles. The molecule has 3 aromatic rings. The molecule has 0 N–H and O–H groups in total. The fourth-order valence-electron chi connectivity index (χ4n) is 2.18. The first-order chi connectivity index (χ1) is 11.0. The molecule has 0 aliphatic heterocycles. The van der Waals surface area contributed by atoms with Gasteiger partial charge in [0.05, 0.1) is 5.39 Å².